The van der Waals surface area contributed by atoms with Crippen LogP contribution in [0.3, 0.4) is 0 Å². The summed E-state index contributed by atoms with van der Waals surface area (Å²) in [7, 11) is 0. The third-order valence-electron chi connectivity index (χ3n) is 2.53. The van der Waals surface area contributed by atoms with E-state index in [9.17, 15) is 9.59 Å². The Morgan fingerprint density at radius 3 is 2.86 bits per heavy atom. The van der Waals surface area contributed by atoms with Gasteiger partial charge in [0.25, 0.3) is 5.91 Å². The van der Waals surface area contributed by atoms with Crippen molar-refractivity contribution in [1.29, 1.82) is 0 Å². The fraction of sp³-hybridized carbons (Fsp3) is 0.143. The Hall–Kier alpha value is -3.16. The van der Waals surface area contributed by atoms with E-state index < -0.39 is 5.91 Å². The highest BCUT2D eigenvalue weighted by atomic mass is 16.3. The van der Waals surface area contributed by atoms with Crippen molar-refractivity contribution in [3.63, 3.8) is 0 Å². The van der Waals surface area contributed by atoms with E-state index in [0.717, 1.165) is 0 Å². The first-order valence-corrected chi connectivity index (χ1v) is 6.46. The normalized spacial score (nSPS) is 10.9. The van der Waals surface area contributed by atoms with Gasteiger partial charge in [0.05, 0.1) is 19.0 Å². The summed E-state index contributed by atoms with van der Waals surface area (Å²) < 4.78 is 5.10. The third-order valence-corrected chi connectivity index (χ3v) is 2.53. The van der Waals surface area contributed by atoms with Crippen LogP contribution in [0.2, 0.25) is 0 Å². The van der Waals surface area contributed by atoms with Gasteiger partial charge >= 0.3 is 0 Å². The van der Waals surface area contributed by atoms with Crippen molar-refractivity contribution in [2.24, 2.45) is 0 Å². The van der Waals surface area contributed by atoms with Gasteiger partial charge in [0.15, 0.2) is 0 Å². The fourth-order valence-corrected chi connectivity index (χ4v) is 1.51. The highest BCUT2D eigenvalue weighted by molar-refractivity contribution is 5.92. The summed E-state index contributed by atoms with van der Waals surface area (Å²) in [6.07, 6.45) is 7.08. The van der Waals surface area contributed by atoms with Crippen LogP contribution in [0.25, 0.3) is 0 Å². The zero-order valence-electron chi connectivity index (χ0n) is 11.9. The molecule has 0 atom stereocenters. The first-order chi connectivity index (χ1) is 10.6. The Bertz CT molecular complexity index is 652. The van der Waals surface area contributed by atoms with E-state index in [2.05, 4.69) is 26.1 Å². The summed E-state index contributed by atoms with van der Waals surface area (Å²) in [5, 5.41) is 2.65. The Morgan fingerprint density at radius 2 is 2.18 bits per heavy atom. The number of aromatic nitrogens is 2. The topological polar surface area (TPSA) is 109 Å². The van der Waals surface area contributed by atoms with Crippen molar-refractivity contribution >= 4 is 11.8 Å². The van der Waals surface area contributed by atoms with Crippen LogP contribution in [0, 0.1) is 0 Å². The molecule has 3 N–H and O–H groups in total. The quantitative estimate of drug-likeness (QED) is 0.530. The van der Waals surface area contributed by atoms with Gasteiger partial charge in [0.2, 0.25) is 5.91 Å². The lowest BCUT2D eigenvalue weighted by Gasteiger charge is -2.08. The van der Waals surface area contributed by atoms with Crippen molar-refractivity contribution in [3.05, 3.63) is 60.2 Å². The lowest BCUT2D eigenvalue weighted by atomic mass is 10.4. The SMILES string of the molecule is C/C(=C\C(=O)NCc1ccco1)NNC(=O)c1cnccn1. The highest BCUT2D eigenvalue weighted by Gasteiger charge is 2.06. The molecular formula is C14H15N5O3. The molecule has 0 bridgehead atoms. The Labute approximate surface area is 126 Å². The summed E-state index contributed by atoms with van der Waals surface area (Å²) in [5.74, 6) is -0.102. The molecule has 8 nitrogen and oxygen atoms in total. The number of carbonyl (C=O) groups excluding carboxylic acids is 2. The standard InChI is InChI=1S/C14H15N5O3/c1-10(7-13(20)17-8-11-3-2-6-22-11)18-19-14(21)12-9-15-4-5-16-12/h2-7,9,18H,8H2,1H3,(H,17,20)(H,19,21)/b10-7+. The number of amides is 2. The Balaban J connectivity index is 1.77. The molecule has 2 heterocycles. The number of nitrogens with zero attached hydrogens (tertiary/aromatic N) is 2. The number of hydrogen-bond donors (Lipinski definition) is 3. The van der Waals surface area contributed by atoms with E-state index in [1.165, 1.54) is 30.9 Å². The number of carbonyl (C=O) groups is 2. The van der Waals surface area contributed by atoms with Gasteiger partial charge in [0, 0.05) is 24.2 Å². The molecule has 0 unspecified atom stereocenters. The molecule has 2 rings (SSSR count). The molecule has 2 amide bonds. The molecular weight excluding hydrogens is 286 g/mol. The maximum atomic E-state index is 11.7. The molecule has 0 aliphatic heterocycles. The zero-order chi connectivity index (χ0) is 15.8. The molecule has 114 valence electrons. The number of rotatable bonds is 6. The molecule has 0 fully saturated rings. The van der Waals surface area contributed by atoms with Gasteiger partial charge in [-0.1, -0.05) is 0 Å². The molecule has 0 saturated heterocycles. The molecule has 2 aromatic heterocycles. The average Bonchev–Trinajstić information content (AvgIpc) is 3.05. The van der Waals surface area contributed by atoms with Crippen LogP contribution in [0.4, 0.5) is 0 Å². The minimum atomic E-state index is -0.447. The predicted octanol–water partition coefficient (Wildman–Crippen LogP) is 0.524. The van der Waals surface area contributed by atoms with Crippen LogP contribution in [0.5, 0.6) is 0 Å². The third kappa shape index (κ3) is 4.75. The molecule has 8 heteroatoms. The molecule has 0 spiro atoms. The molecule has 0 aromatic carbocycles. The van der Waals surface area contributed by atoms with Gasteiger partial charge < -0.3 is 15.2 Å². The van der Waals surface area contributed by atoms with Crippen LogP contribution >= 0.6 is 0 Å². The number of allylic oxidation sites excluding steroid dienone is 1. The van der Waals surface area contributed by atoms with Gasteiger partial charge in [0.1, 0.15) is 11.5 Å². The van der Waals surface area contributed by atoms with E-state index >= 15 is 0 Å². The summed E-state index contributed by atoms with van der Waals surface area (Å²) in [6, 6.07) is 3.50. The lowest BCUT2D eigenvalue weighted by molar-refractivity contribution is -0.116. The van der Waals surface area contributed by atoms with Gasteiger partial charge in [-0.25, -0.2) is 4.98 Å². The second-order valence-corrected chi connectivity index (χ2v) is 4.29. The van der Waals surface area contributed by atoms with E-state index in [0.29, 0.717) is 18.0 Å². The van der Waals surface area contributed by atoms with Crippen molar-refractivity contribution in [3.8, 4) is 0 Å². The summed E-state index contributed by atoms with van der Waals surface area (Å²) in [5.41, 5.74) is 5.67. The van der Waals surface area contributed by atoms with Crippen molar-refractivity contribution in [2.75, 3.05) is 0 Å². The zero-order valence-corrected chi connectivity index (χ0v) is 11.9. The van der Waals surface area contributed by atoms with Crippen LogP contribution in [0.1, 0.15) is 23.2 Å². The van der Waals surface area contributed by atoms with E-state index in [1.807, 2.05) is 0 Å². The largest absolute Gasteiger partial charge is 0.467 e. The van der Waals surface area contributed by atoms with Crippen LogP contribution in [-0.4, -0.2) is 21.8 Å². The molecule has 0 aliphatic carbocycles. The van der Waals surface area contributed by atoms with Crippen molar-refractivity contribution in [2.45, 2.75) is 13.5 Å². The number of hydrogen-bond acceptors (Lipinski definition) is 6. The Kier molecular flexibility index (Phi) is 5.25. The summed E-state index contributed by atoms with van der Waals surface area (Å²) in [4.78, 5) is 31.0. The van der Waals surface area contributed by atoms with Gasteiger partial charge in [-0.2, -0.15) is 0 Å². The second-order valence-electron chi connectivity index (χ2n) is 4.29. The summed E-state index contributed by atoms with van der Waals surface area (Å²) in [6.45, 7) is 1.94. The Morgan fingerprint density at radius 1 is 1.32 bits per heavy atom. The van der Waals surface area contributed by atoms with Gasteiger partial charge in [-0.3, -0.25) is 20.0 Å². The monoisotopic (exact) mass is 301 g/mol. The first-order valence-electron chi connectivity index (χ1n) is 6.46. The van der Waals surface area contributed by atoms with E-state index in [4.69, 9.17) is 4.42 Å². The van der Waals surface area contributed by atoms with Gasteiger partial charge in [-0.05, 0) is 19.1 Å². The number of nitrogens with one attached hydrogen (secondary N) is 3. The highest BCUT2D eigenvalue weighted by Crippen LogP contribution is 1.98. The average molecular weight is 301 g/mol. The minimum absolute atomic E-state index is 0.171. The van der Waals surface area contributed by atoms with Crippen molar-refractivity contribution in [1.82, 2.24) is 26.1 Å². The van der Waals surface area contributed by atoms with Crippen LogP contribution in [-0.2, 0) is 11.3 Å². The van der Waals surface area contributed by atoms with Gasteiger partial charge in [-0.15, -0.1) is 0 Å². The van der Waals surface area contributed by atoms with Crippen LogP contribution < -0.4 is 16.2 Å². The van der Waals surface area contributed by atoms with Crippen molar-refractivity contribution < 1.29 is 14.0 Å². The molecule has 0 aliphatic rings. The maximum Gasteiger partial charge on any atom is 0.289 e. The molecule has 0 radical (unpaired) electrons. The fourth-order valence-electron chi connectivity index (χ4n) is 1.51. The number of hydrazine groups is 1. The second kappa shape index (κ2) is 7.58. The molecule has 2 aromatic rings. The minimum Gasteiger partial charge on any atom is -0.467 e. The molecule has 22 heavy (non-hydrogen) atoms. The first kappa shape index (κ1) is 15.2. The summed E-state index contributed by atoms with van der Waals surface area (Å²) >= 11 is 0. The molecule has 0 saturated carbocycles. The lowest BCUT2D eigenvalue weighted by Crippen LogP contribution is -2.37. The van der Waals surface area contributed by atoms with E-state index in [-0.39, 0.29) is 11.6 Å². The van der Waals surface area contributed by atoms with Crippen LogP contribution in [0.15, 0.2) is 53.2 Å². The maximum absolute atomic E-state index is 11.7. The van der Waals surface area contributed by atoms with E-state index in [1.54, 1.807) is 19.1 Å². The smallest absolute Gasteiger partial charge is 0.289 e. The number of furan rings is 1. The predicted molar refractivity (Wildman–Crippen MR) is 76.9 cm³/mol.